The Balaban J connectivity index is 2.41. The van der Waals surface area contributed by atoms with Crippen LogP contribution in [0.25, 0.3) is 0 Å². The summed E-state index contributed by atoms with van der Waals surface area (Å²) in [6.07, 6.45) is 3.39. The normalized spacial score (nSPS) is 10.9. The van der Waals surface area contributed by atoms with Crippen LogP contribution in [0, 0.1) is 6.92 Å². The molecule has 1 aromatic rings. The molecule has 14 heavy (non-hydrogen) atoms. The van der Waals surface area contributed by atoms with E-state index in [0.717, 1.165) is 10.7 Å². The lowest BCUT2D eigenvalue weighted by atomic mass is 10.4. The Kier molecular flexibility index (Phi) is 4.86. The van der Waals surface area contributed by atoms with Crippen LogP contribution in [0.3, 0.4) is 0 Å². The Morgan fingerprint density at radius 3 is 2.36 bits per heavy atom. The van der Waals surface area contributed by atoms with E-state index >= 15 is 0 Å². The summed E-state index contributed by atoms with van der Waals surface area (Å²) in [5.41, 5.74) is 1.06. The van der Waals surface area contributed by atoms with Crippen LogP contribution in [-0.4, -0.2) is 36.2 Å². The van der Waals surface area contributed by atoms with Gasteiger partial charge in [-0.1, -0.05) is 11.8 Å². The van der Waals surface area contributed by atoms with Crippen LogP contribution in [0.2, 0.25) is 0 Å². The van der Waals surface area contributed by atoms with Crippen LogP contribution in [0.4, 0.5) is 0 Å². The number of nitrogens with zero attached hydrogens (tertiary/aromatic N) is 2. The van der Waals surface area contributed by atoms with E-state index in [1.165, 1.54) is 11.8 Å². The fraction of sp³-hybridized carbons (Fsp3) is 0.556. The predicted molar refractivity (Wildman–Crippen MR) is 55.3 cm³/mol. The third-order valence-electron chi connectivity index (χ3n) is 1.63. The van der Waals surface area contributed by atoms with Crippen molar-refractivity contribution < 1.29 is 9.47 Å². The molecule has 0 saturated carbocycles. The molecule has 0 aliphatic rings. The van der Waals surface area contributed by atoms with E-state index in [0.29, 0.717) is 5.75 Å². The maximum atomic E-state index is 5.05. The van der Waals surface area contributed by atoms with Gasteiger partial charge in [-0.15, -0.1) is 0 Å². The van der Waals surface area contributed by atoms with Gasteiger partial charge in [0.1, 0.15) is 0 Å². The van der Waals surface area contributed by atoms with Crippen molar-refractivity contribution in [3.8, 4) is 0 Å². The summed E-state index contributed by atoms with van der Waals surface area (Å²) in [5, 5.41) is 0.745. The Morgan fingerprint density at radius 1 is 1.29 bits per heavy atom. The van der Waals surface area contributed by atoms with Gasteiger partial charge in [0, 0.05) is 26.6 Å². The van der Waals surface area contributed by atoms with Crippen molar-refractivity contribution in [3.05, 3.63) is 18.0 Å². The Labute approximate surface area is 88.0 Å². The molecule has 0 spiro atoms. The smallest absolute Gasteiger partial charge is 0.187 e. The molecule has 0 saturated heterocycles. The highest BCUT2D eigenvalue weighted by Gasteiger charge is 2.06. The number of aryl methyl sites for hydroxylation is 1. The molecular formula is C9H14N2O2S. The Bertz CT molecular complexity index is 262. The molecule has 0 amide bonds. The summed E-state index contributed by atoms with van der Waals surface area (Å²) >= 11 is 1.51. The molecule has 0 atom stereocenters. The van der Waals surface area contributed by atoms with Gasteiger partial charge in [-0.3, -0.25) is 0 Å². The van der Waals surface area contributed by atoms with Crippen molar-refractivity contribution in [1.29, 1.82) is 0 Å². The van der Waals surface area contributed by atoms with Crippen molar-refractivity contribution in [2.75, 3.05) is 20.0 Å². The zero-order chi connectivity index (χ0) is 10.4. The van der Waals surface area contributed by atoms with Gasteiger partial charge in [0.15, 0.2) is 11.4 Å². The van der Waals surface area contributed by atoms with Gasteiger partial charge in [0.05, 0.1) is 5.75 Å². The van der Waals surface area contributed by atoms with Gasteiger partial charge in [-0.2, -0.15) is 0 Å². The molecule has 5 heteroatoms. The van der Waals surface area contributed by atoms with Crippen LogP contribution in [-0.2, 0) is 9.47 Å². The molecule has 0 fully saturated rings. The van der Waals surface area contributed by atoms with Crippen LogP contribution in [0.15, 0.2) is 17.6 Å². The molecule has 1 heterocycles. The topological polar surface area (TPSA) is 44.2 Å². The van der Waals surface area contributed by atoms with Gasteiger partial charge in [0.2, 0.25) is 0 Å². The number of hydrogen-bond acceptors (Lipinski definition) is 5. The molecule has 0 bridgehead atoms. The van der Waals surface area contributed by atoms with E-state index < -0.39 is 0 Å². The van der Waals surface area contributed by atoms with E-state index in [4.69, 9.17) is 9.47 Å². The molecule has 4 nitrogen and oxygen atoms in total. The average molecular weight is 214 g/mol. The van der Waals surface area contributed by atoms with E-state index in [9.17, 15) is 0 Å². The molecule has 1 rings (SSSR count). The van der Waals surface area contributed by atoms with Gasteiger partial charge < -0.3 is 9.47 Å². The summed E-state index contributed by atoms with van der Waals surface area (Å²) in [6, 6.07) is 0. The molecule has 0 aliphatic carbocycles. The molecule has 0 unspecified atom stereocenters. The zero-order valence-electron chi connectivity index (χ0n) is 8.56. The maximum Gasteiger partial charge on any atom is 0.187 e. The van der Waals surface area contributed by atoms with Crippen molar-refractivity contribution in [2.24, 2.45) is 0 Å². The first kappa shape index (κ1) is 11.4. The van der Waals surface area contributed by atoms with Crippen LogP contribution in [0.1, 0.15) is 5.56 Å². The molecule has 0 N–H and O–H groups in total. The second kappa shape index (κ2) is 5.95. The summed E-state index contributed by atoms with van der Waals surface area (Å²) < 4.78 is 10.1. The summed E-state index contributed by atoms with van der Waals surface area (Å²) in [4.78, 5) is 8.32. The Hall–Kier alpha value is -0.650. The van der Waals surface area contributed by atoms with E-state index in [1.807, 2.05) is 6.92 Å². The van der Waals surface area contributed by atoms with Crippen molar-refractivity contribution in [3.63, 3.8) is 0 Å². The second-order valence-electron chi connectivity index (χ2n) is 2.75. The van der Waals surface area contributed by atoms with Gasteiger partial charge in [-0.25, -0.2) is 9.97 Å². The quantitative estimate of drug-likeness (QED) is 0.422. The first-order chi connectivity index (χ1) is 6.76. The standard InChI is InChI=1S/C9H14N2O2S/c1-7-4-10-9(11-5-7)14-6-8(12-2)13-3/h4-5,8H,6H2,1-3H3. The lowest BCUT2D eigenvalue weighted by Gasteiger charge is -2.11. The van der Waals surface area contributed by atoms with E-state index in [1.54, 1.807) is 26.6 Å². The molecule has 0 aromatic carbocycles. The van der Waals surface area contributed by atoms with Gasteiger partial charge >= 0.3 is 0 Å². The average Bonchev–Trinajstić information content (AvgIpc) is 2.22. The SMILES string of the molecule is COC(CSc1ncc(C)cn1)OC. The summed E-state index contributed by atoms with van der Waals surface area (Å²) in [7, 11) is 3.23. The first-order valence-corrected chi connectivity index (χ1v) is 5.22. The number of methoxy groups -OCH3 is 2. The molecule has 0 aliphatic heterocycles. The highest BCUT2D eigenvalue weighted by molar-refractivity contribution is 7.99. The summed E-state index contributed by atoms with van der Waals surface area (Å²) in [5.74, 6) is 0.691. The molecule has 78 valence electrons. The zero-order valence-corrected chi connectivity index (χ0v) is 9.37. The van der Waals surface area contributed by atoms with Gasteiger partial charge in [-0.05, 0) is 12.5 Å². The fourth-order valence-corrected chi connectivity index (χ4v) is 1.64. The highest BCUT2D eigenvalue weighted by Crippen LogP contribution is 2.14. The lowest BCUT2D eigenvalue weighted by Crippen LogP contribution is -2.15. The first-order valence-electron chi connectivity index (χ1n) is 4.23. The highest BCUT2D eigenvalue weighted by atomic mass is 32.2. The molecular weight excluding hydrogens is 200 g/mol. The number of ether oxygens (including phenoxy) is 2. The largest absolute Gasteiger partial charge is 0.355 e. The van der Waals surface area contributed by atoms with Crippen LogP contribution < -0.4 is 0 Å². The van der Waals surface area contributed by atoms with Crippen molar-refractivity contribution >= 4 is 11.8 Å². The Morgan fingerprint density at radius 2 is 1.86 bits per heavy atom. The third-order valence-corrected chi connectivity index (χ3v) is 2.54. The minimum atomic E-state index is -0.204. The number of thioether (sulfide) groups is 1. The monoisotopic (exact) mass is 214 g/mol. The third kappa shape index (κ3) is 3.61. The minimum absolute atomic E-state index is 0.204. The minimum Gasteiger partial charge on any atom is -0.355 e. The van der Waals surface area contributed by atoms with Crippen LogP contribution >= 0.6 is 11.8 Å². The number of hydrogen-bond donors (Lipinski definition) is 0. The van der Waals surface area contributed by atoms with Crippen molar-refractivity contribution in [1.82, 2.24) is 9.97 Å². The van der Waals surface area contributed by atoms with Gasteiger partial charge in [0.25, 0.3) is 0 Å². The fourth-order valence-electron chi connectivity index (χ4n) is 0.830. The number of aromatic nitrogens is 2. The molecule has 1 aromatic heterocycles. The molecule has 0 radical (unpaired) electrons. The summed E-state index contributed by atoms with van der Waals surface area (Å²) in [6.45, 7) is 1.96. The number of rotatable bonds is 5. The van der Waals surface area contributed by atoms with Crippen molar-refractivity contribution in [2.45, 2.75) is 18.4 Å². The maximum absolute atomic E-state index is 5.05. The van der Waals surface area contributed by atoms with E-state index in [-0.39, 0.29) is 6.29 Å². The second-order valence-corrected chi connectivity index (χ2v) is 3.74. The van der Waals surface area contributed by atoms with Crippen LogP contribution in [0.5, 0.6) is 0 Å². The van der Waals surface area contributed by atoms with E-state index in [2.05, 4.69) is 9.97 Å². The lowest BCUT2D eigenvalue weighted by molar-refractivity contribution is -0.0842. The predicted octanol–water partition coefficient (Wildman–Crippen LogP) is 1.50.